The van der Waals surface area contributed by atoms with Crippen molar-refractivity contribution in [1.82, 2.24) is 15.5 Å². The summed E-state index contributed by atoms with van der Waals surface area (Å²) in [6.07, 6.45) is 2.76. The molecule has 0 unspecified atom stereocenters. The topological polar surface area (TPSA) is 120 Å². The van der Waals surface area contributed by atoms with Crippen molar-refractivity contribution in [3.05, 3.63) is 76.2 Å². The molecule has 0 aliphatic rings. The zero-order chi connectivity index (χ0) is 19.9. The molecule has 0 aliphatic heterocycles. The number of aromatic nitrogens is 2. The normalized spacial score (nSPS) is 10.8. The molecule has 28 heavy (non-hydrogen) atoms. The van der Waals surface area contributed by atoms with Crippen LogP contribution >= 0.6 is 0 Å². The van der Waals surface area contributed by atoms with Crippen molar-refractivity contribution in [2.45, 2.75) is 6.54 Å². The van der Waals surface area contributed by atoms with Crippen LogP contribution in [0.1, 0.15) is 11.5 Å². The van der Waals surface area contributed by atoms with Gasteiger partial charge in [0.1, 0.15) is 5.75 Å². The molecule has 9 heteroatoms. The SMILES string of the molecule is COc1cccc(-c2noc(CNC(=O)/C=C/c3cccc([N+](=O)[O-])c3)n2)c1. The quantitative estimate of drug-likeness (QED) is 0.380. The van der Waals surface area contributed by atoms with E-state index in [1.54, 1.807) is 31.4 Å². The van der Waals surface area contributed by atoms with Crippen LogP contribution in [0.5, 0.6) is 5.75 Å². The van der Waals surface area contributed by atoms with Crippen LogP contribution in [-0.4, -0.2) is 28.1 Å². The van der Waals surface area contributed by atoms with Gasteiger partial charge in [0.05, 0.1) is 18.6 Å². The molecule has 2 aromatic carbocycles. The second-order valence-electron chi connectivity index (χ2n) is 5.65. The van der Waals surface area contributed by atoms with E-state index in [9.17, 15) is 14.9 Å². The maximum Gasteiger partial charge on any atom is 0.270 e. The second-order valence-corrected chi connectivity index (χ2v) is 5.65. The van der Waals surface area contributed by atoms with E-state index in [4.69, 9.17) is 9.26 Å². The van der Waals surface area contributed by atoms with Gasteiger partial charge in [0.15, 0.2) is 0 Å². The van der Waals surface area contributed by atoms with E-state index in [0.29, 0.717) is 17.1 Å². The minimum atomic E-state index is -0.493. The third-order valence-corrected chi connectivity index (χ3v) is 3.72. The molecule has 0 aliphatic carbocycles. The molecule has 1 aromatic heterocycles. The number of hydrogen-bond donors (Lipinski definition) is 1. The number of nitrogens with one attached hydrogen (secondary N) is 1. The number of non-ortho nitro benzene ring substituents is 1. The van der Waals surface area contributed by atoms with Crippen LogP contribution < -0.4 is 10.1 Å². The van der Waals surface area contributed by atoms with Gasteiger partial charge in [-0.05, 0) is 23.8 Å². The van der Waals surface area contributed by atoms with Crippen LogP contribution in [0, 0.1) is 10.1 Å². The molecule has 0 saturated carbocycles. The standard InChI is InChI=1S/C19H16N4O5/c1-27-16-7-3-5-14(11-16)19-21-18(28-22-19)12-20-17(24)9-8-13-4-2-6-15(10-13)23(25)26/h2-11H,12H2,1H3,(H,20,24)/b9-8+. The molecule has 0 fully saturated rings. The lowest BCUT2D eigenvalue weighted by atomic mass is 10.2. The molecule has 0 spiro atoms. The number of ether oxygens (including phenoxy) is 1. The van der Waals surface area contributed by atoms with Crippen LogP contribution in [0.4, 0.5) is 5.69 Å². The first-order valence-electron chi connectivity index (χ1n) is 8.22. The van der Waals surface area contributed by atoms with Crippen molar-refractivity contribution < 1.29 is 19.0 Å². The van der Waals surface area contributed by atoms with Crippen LogP contribution in [0.3, 0.4) is 0 Å². The molecule has 0 atom stereocenters. The molecule has 0 saturated heterocycles. The van der Waals surface area contributed by atoms with Gasteiger partial charge in [-0.25, -0.2) is 0 Å². The van der Waals surface area contributed by atoms with Crippen molar-refractivity contribution in [2.24, 2.45) is 0 Å². The van der Waals surface area contributed by atoms with Gasteiger partial charge in [-0.15, -0.1) is 0 Å². The molecule has 0 bridgehead atoms. The van der Waals surface area contributed by atoms with E-state index in [1.165, 1.54) is 24.3 Å². The maximum atomic E-state index is 11.9. The predicted octanol–water partition coefficient (Wildman–Crippen LogP) is 2.98. The van der Waals surface area contributed by atoms with E-state index in [-0.39, 0.29) is 18.1 Å². The number of nitro groups is 1. The summed E-state index contributed by atoms with van der Waals surface area (Å²) in [7, 11) is 1.57. The lowest BCUT2D eigenvalue weighted by Gasteiger charge is -2.00. The van der Waals surface area contributed by atoms with Crippen LogP contribution in [-0.2, 0) is 11.3 Å². The molecule has 0 radical (unpaired) electrons. The minimum Gasteiger partial charge on any atom is -0.497 e. The molecule has 142 valence electrons. The average Bonchev–Trinajstić information content (AvgIpc) is 3.20. The largest absolute Gasteiger partial charge is 0.497 e. The van der Waals surface area contributed by atoms with Gasteiger partial charge in [-0.2, -0.15) is 4.98 Å². The summed E-state index contributed by atoms with van der Waals surface area (Å²) in [5.74, 6) is 0.904. The molecule has 1 N–H and O–H groups in total. The third-order valence-electron chi connectivity index (χ3n) is 3.72. The number of amides is 1. The van der Waals surface area contributed by atoms with E-state index >= 15 is 0 Å². The Morgan fingerprint density at radius 3 is 2.89 bits per heavy atom. The van der Waals surface area contributed by atoms with Crippen LogP contribution in [0.2, 0.25) is 0 Å². The highest BCUT2D eigenvalue weighted by Gasteiger charge is 2.10. The van der Waals surface area contributed by atoms with Gasteiger partial charge < -0.3 is 14.6 Å². The summed E-state index contributed by atoms with van der Waals surface area (Å²) >= 11 is 0. The summed E-state index contributed by atoms with van der Waals surface area (Å²) in [4.78, 5) is 26.4. The van der Waals surface area contributed by atoms with Gasteiger partial charge in [-0.3, -0.25) is 14.9 Å². The Kier molecular flexibility index (Phi) is 5.75. The summed E-state index contributed by atoms with van der Waals surface area (Å²) < 4.78 is 10.3. The first kappa shape index (κ1) is 18.8. The summed E-state index contributed by atoms with van der Waals surface area (Å²) in [6.45, 7) is 0.0507. The Morgan fingerprint density at radius 1 is 1.29 bits per heavy atom. The molecular weight excluding hydrogens is 364 g/mol. The molecule has 3 rings (SSSR count). The van der Waals surface area contributed by atoms with Crippen LogP contribution in [0.15, 0.2) is 59.1 Å². The predicted molar refractivity (Wildman–Crippen MR) is 100 cm³/mol. The third kappa shape index (κ3) is 4.79. The van der Waals surface area contributed by atoms with Gasteiger partial charge in [0, 0.05) is 23.8 Å². The van der Waals surface area contributed by atoms with Crippen molar-refractivity contribution in [1.29, 1.82) is 0 Å². The van der Waals surface area contributed by atoms with E-state index in [0.717, 1.165) is 5.56 Å². The average molecular weight is 380 g/mol. The minimum absolute atomic E-state index is 0.0431. The highest BCUT2D eigenvalue weighted by molar-refractivity contribution is 5.91. The van der Waals surface area contributed by atoms with Crippen molar-refractivity contribution in [3.63, 3.8) is 0 Å². The lowest BCUT2D eigenvalue weighted by Crippen LogP contribution is -2.20. The smallest absolute Gasteiger partial charge is 0.270 e. The highest BCUT2D eigenvalue weighted by atomic mass is 16.6. The first-order chi connectivity index (χ1) is 13.5. The van der Waals surface area contributed by atoms with Crippen molar-refractivity contribution >= 4 is 17.7 Å². The number of nitrogens with zero attached hydrogens (tertiary/aromatic N) is 3. The molecule has 1 heterocycles. The number of rotatable bonds is 7. The van der Waals surface area contributed by atoms with Crippen molar-refractivity contribution in [3.8, 4) is 17.1 Å². The van der Waals surface area contributed by atoms with Gasteiger partial charge in [0.2, 0.25) is 17.6 Å². The zero-order valence-corrected chi connectivity index (χ0v) is 14.9. The van der Waals surface area contributed by atoms with E-state index in [2.05, 4.69) is 15.5 Å². The Morgan fingerprint density at radius 2 is 2.11 bits per heavy atom. The molecule has 1 amide bonds. The summed E-state index contributed by atoms with van der Waals surface area (Å²) in [5.41, 5.74) is 1.23. The number of benzene rings is 2. The number of nitro benzene ring substituents is 1. The lowest BCUT2D eigenvalue weighted by molar-refractivity contribution is -0.384. The van der Waals surface area contributed by atoms with Gasteiger partial charge in [0.25, 0.3) is 5.69 Å². The summed E-state index contributed by atoms with van der Waals surface area (Å²) in [6, 6.07) is 13.2. The van der Waals surface area contributed by atoms with Gasteiger partial charge >= 0.3 is 0 Å². The molecule has 3 aromatic rings. The first-order valence-corrected chi connectivity index (χ1v) is 8.22. The highest BCUT2D eigenvalue weighted by Crippen LogP contribution is 2.21. The fourth-order valence-corrected chi connectivity index (χ4v) is 2.34. The fourth-order valence-electron chi connectivity index (χ4n) is 2.34. The number of carbonyl (C=O) groups excluding carboxylic acids is 1. The Hall–Kier alpha value is -4.01. The number of carbonyl (C=O) groups is 1. The summed E-state index contributed by atoms with van der Waals surface area (Å²) in [5, 5.41) is 17.3. The number of hydrogen-bond acceptors (Lipinski definition) is 7. The fraction of sp³-hybridized carbons (Fsp3) is 0.105. The Bertz CT molecular complexity index is 1030. The monoisotopic (exact) mass is 380 g/mol. The van der Waals surface area contributed by atoms with Crippen molar-refractivity contribution in [2.75, 3.05) is 7.11 Å². The second kappa shape index (κ2) is 8.58. The zero-order valence-electron chi connectivity index (χ0n) is 14.9. The number of methoxy groups -OCH3 is 1. The van der Waals surface area contributed by atoms with Gasteiger partial charge in [-0.1, -0.05) is 29.4 Å². The van der Waals surface area contributed by atoms with E-state index < -0.39 is 10.8 Å². The molecular formula is C19H16N4O5. The van der Waals surface area contributed by atoms with E-state index in [1.807, 2.05) is 12.1 Å². The van der Waals surface area contributed by atoms with Crippen LogP contribution in [0.25, 0.3) is 17.5 Å². The Balaban J connectivity index is 1.58. The maximum absolute atomic E-state index is 11.9. The Labute approximate surface area is 159 Å². The molecule has 9 nitrogen and oxygen atoms in total.